The summed E-state index contributed by atoms with van der Waals surface area (Å²) >= 11 is 0. The van der Waals surface area contributed by atoms with Gasteiger partial charge in [0.1, 0.15) is 6.61 Å². The molecule has 0 radical (unpaired) electrons. The van der Waals surface area contributed by atoms with Crippen LogP contribution in [0.2, 0.25) is 0 Å². The van der Waals surface area contributed by atoms with Gasteiger partial charge in [-0.3, -0.25) is 4.79 Å². The molecule has 0 bridgehead atoms. The van der Waals surface area contributed by atoms with Gasteiger partial charge in [0.2, 0.25) is 0 Å². The maximum Gasteiger partial charge on any atom is 0.694 e. The van der Waals surface area contributed by atoms with Gasteiger partial charge in [-0.1, -0.05) is 30.3 Å². The molecule has 0 heterocycles. The normalized spacial score (nSPS) is 11.2. The zero-order valence-electron chi connectivity index (χ0n) is 8.83. The molecule has 1 rings (SSSR count). The van der Waals surface area contributed by atoms with E-state index in [4.69, 9.17) is 4.89 Å². The molecule has 1 N–H and O–H groups in total. The summed E-state index contributed by atoms with van der Waals surface area (Å²) in [7, 11) is -2.51. The first kappa shape index (κ1) is 13.0. The second-order valence-electron chi connectivity index (χ2n) is 3.32. The van der Waals surface area contributed by atoms with Crippen LogP contribution in [0.3, 0.4) is 0 Å². The number of hydrogen-bond donors (Lipinski definition) is 1. The van der Waals surface area contributed by atoms with Gasteiger partial charge in [0, 0.05) is 16.5 Å². The fraction of sp³-hybridized carbons (Fsp3) is 0.364. The SMILES string of the molecule is O=C(CCCCO[P+](=O)O)c1ccccc1. The van der Waals surface area contributed by atoms with Gasteiger partial charge in [-0.25, -0.2) is 0 Å². The van der Waals surface area contributed by atoms with E-state index in [-0.39, 0.29) is 12.4 Å². The Labute approximate surface area is 95.2 Å². The minimum atomic E-state index is -2.51. The van der Waals surface area contributed by atoms with Crippen LogP contribution in [0.15, 0.2) is 30.3 Å². The van der Waals surface area contributed by atoms with Crippen LogP contribution in [0, 0.1) is 0 Å². The van der Waals surface area contributed by atoms with Crippen molar-refractivity contribution in [2.75, 3.05) is 6.61 Å². The van der Waals surface area contributed by atoms with E-state index in [1.54, 1.807) is 12.1 Å². The number of rotatable bonds is 7. The quantitative estimate of drug-likeness (QED) is 0.453. The molecule has 0 aromatic heterocycles. The van der Waals surface area contributed by atoms with Gasteiger partial charge < -0.3 is 0 Å². The van der Waals surface area contributed by atoms with Crippen molar-refractivity contribution >= 4 is 14.0 Å². The second kappa shape index (κ2) is 7.23. The number of Topliss-reactive ketones (excluding diaryl/α,β-unsaturated/α-hetero) is 1. The summed E-state index contributed by atoms with van der Waals surface area (Å²) in [5.74, 6) is 0.0917. The summed E-state index contributed by atoms with van der Waals surface area (Å²) < 4.78 is 14.7. The monoisotopic (exact) mass is 241 g/mol. The molecule has 1 aromatic carbocycles. The lowest BCUT2D eigenvalue weighted by molar-refractivity contribution is 0.0978. The van der Waals surface area contributed by atoms with E-state index in [0.717, 1.165) is 0 Å². The fourth-order valence-corrected chi connectivity index (χ4v) is 1.58. The fourth-order valence-electron chi connectivity index (χ4n) is 1.30. The average molecular weight is 241 g/mol. The van der Waals surface area contributed by atoms with Crippen molar-refractivity contribution in [1.82, 2.24) is 0 Å². The van der Waals surface area contributed by atoms with Gasteiger partial charge >= 0.3 is 8.25 Å². The van der Waals surface area contributed by atoms with Crippen molar-refractivity contribution in [2.24, 2.45) is 0 Å². The van der Waals surface area contributed by atoms with Crippen molar-refractivity contribution in [1.29, 1.82) is 0 Å². The molecule has 0 saturated heterocycles. The lowest BCUT2D eigenvalue weighted by Gasteiger charge is -1.99. The Kier molecular flexibility index (Phi) is 5.86. The molecule has 4 nitrogen and oxygen atoms in total. The number of benzene rings is 1. The van der Waals surface area contributed by atoms with Crippen molar-refractivity contribution < 1.29 is 18.8 Å². The van der Waals surface area contributed by atoms with Crippen LogP contribution in [-0.2, 0) is 9.09 Å². The second-order valence-corrected chi connectivity index (χ2v) is 4.05. The van der Waals surface area contributed by atoms with E-state index < -0.39 is 8.25 Å². The third kappa shape index (κ3) is 5.12. The molecule has 1 atom stereocenters. The predicted molar refractivity (Wildman–Crippen MR) is 60.4 cm³/mol. The molecule has 0 aliphatic rings. The molecule has 0 spiro atoms. The Balaban J connectivity index is 2.19. The molecule has 86 valence electrons. The number of carbonyl (C=O) groups is 1. The predicted octanol–water partition coefficient (Wildman–Crippen LogP) is 2.71. The van der Waals surface area contributed by atoms with Crippen LogP contribution in [0.4, 0.5) is 0 Å². The number of carbonyl (C=O) groups excluding carboxylic acids is 1. The summed E-state index contributed by atoms with van der Waals surface area (Å²) in [6.07, 6.45) is 1.71. The third-order valence-corrected chi connectivity index (χ3v) is 2.50. The number of hydrogen-bond acceptors (Lipinski definition) is 3. The average Bonchev–Trinajstić information content (AvgIpc) is 2.29. The Morgan fingerprint density at radius 2 is 1.94 bits per heavy atom. The summed E-state index contributed by atoms with van der Waals surface area (Å²) in [6.45, 7) is 0.216. The summed E-state index contributed by atoms with van der Waals surface area (Å²) in [4.78, 5) is 20.0. The molecule has 5 heteroatoms. The summed E-state index contributed by atoms with van der Waals surface area (Å²) in [6, 6.07) is 9.08. The molecule has 0 aliphatic carbocycles. The Morgan fingerprint density at radius 1 is 1.25 bits per heavy atom. The lowest BCUT2D eigenvalue weighted by atomic mass is 10.1. The van der Waals surface area contributed by atoms with Gasteiger partial charge in [-0.2, -0.15) is 0 Å². The van der Waals surface area contributed by atoms with E-state index in [9.17, 15) is 9.36 Å². The Hall–Kier alpha value is -1.09. The molecular formula is C11H14O4P+. The van der Waals surface area contributed by atoms with Crippen LogP contribution < -0.4 is 0 Å². The van der Waals surface area contributed by atoms with Gasteiger partial charge in [-0.15, -0.1) is 9.42 Å². The minimum Gasteiger partial charge on any atom is -0.294 e. The molecular weight excluding hydrogens is 227 g/mol. The van der Waals surface area contributed by atoms with Crippen LogP contribution in [0.25, 0.3) is 0 Å². The molecule has 1 unspecified atom stereocenters. The van der Waals surface area contributed by atoms with Gasteiger partial charge in [0.05, 0.1) is 0 Å². The van der Waals surface area contributed by atoms with Crippen LogP contribution in [0.1, 0.15) is 29.6 Å². The molecule has 16 heavy (non-hydrogen) atoms. The molecule has 1 aromatic rings. The van der Waals surface area contributed by atoms with Crippen molar-refractivity contribution in [2.45, 2.75) is 19.3 Å². The van der Waals surface area contributed by atoms with E-state index in [2.05, 4.69) is 4.52 Å². The number of ketones is 1. The smallest absolute Gasteiger partial charge is 0.294 e. The highest BCUT2D eigenvalue weighted by molar-refractivity contribution is 7.32. The molecule has 0 aliphatic heterocycles. The van der Waals surface area contributed by atoms with E-state index >= 15 is 0 Å². The molecule has 0 saturated carbocycles. The zero-order valence-corrected chi connectivity index (χ0v) is 9.73. The highest BCUT2D eigenvalue weighted by Gasteiger charge is 2.11. The molecule has 0 amide bonds. The minimum absolute atomic E-state index is 0.0917. The zero-order chi connectivity index (χ0) is 11.8. The van der Waals surface area contributed by atoms with Crippen LogP contribution >= 0.6 is 8.25 Å². The van der Waals surface area contributed by atoms with Crippen molar-refractivity contribution in [3.8, 4) is 0 Å². The first-order valence-corrected chi connectivity index (χ1v) is 6.20. The van der Waals surface area contributed by atoms with Gasteiger partial charge in [0.25, 0.3) is 0 Å². The summed E-state index contributed by atoms with van der Waals surface area (Å²) in [5.41, 5.74) is 0.705. The van der Waals surface area contributed by atoms with Crippen LogP contribution in [-0.4, -0.2) is 17.3 Å². The largest absolute Gasteiger partial charge is 0.694 e. The molecule has 0 fully saturated rings. The highest BCUT2D eigenvalue weighted by atomic mass is 31.1. The maximum absolute atomic E-state index is 11.6. The van der Waals surface area contributed by atoms with Gasteiger partial charge in [0.15, 0.2) is 5.78 Å². The Bertz CT molecular complexity index is 350. The van der Waals surface area contributed by atoms with Crippen LogP contribution in [0.5, 0.6) is 0 Å². The first-order chi connectivity index (χ1) is 7.70. The first-order valence-electron chi connectivity index (χ1n) is 5.07. The van der Waals surface area contributed by atoms with Gasteiger partial charge in [-0.05, 0) is 12.8 Å². The van der Waals surface area contributed by atoms with Crippen molar-refractivity contribution in [3.63, 3.8) is 0 Å². The van der Waals surface area contributed by atoms with E-state index in [0.29, 0.717) is 24.8 Å². The highest BCUT2D eigenvalue weighted by Crippen LogP contribution is 2.15. The number of unbranched alkanes of at least 4 members (excludes halogenated alkanes) is 1. The summed E-state index contributed by atoms with van der Waals surface area (Å²) in [5, 5.41) is 0. The van der Waals surface area contributed by atoms with Crippen molar-refractivity contribution in [3.05, 3.63) is 35.9 Å². The van der Waals surface area contributed by atoms with E-state index in [1.807, 2.05) is 18.2 Å². The maximum atomic E-state index is 11.6. The topological polar surface area (TPSA) is 63.6 Å². The standard InChI is InChI=1S/C11H13O4P/c12-11(10-6-2-1-3-7-10)8-4-5-9-15-16(13)14/h1-3,6-7H,4-5,8-9H2/p+1. The third-order valence-electron chi connectivity index (χ3n) is 2.10. The van der Waals surface area contributed by atoms with E-state index in [1.165, 1.54) is 0 Å². The lowest BCUT2D eigenvalue weighted by Crippen LogP contribution is -1.99. The Morgan fingerprint density at radius 3 is 2.56 bits per heavy atom.